The monoisotopic (exact) mass is 1060 g/mol. The molecule has 2 saturated heterocycles. The summed E-state index contributed by atoms with van der Waals surface area (Å²) in [5.74, 6) is 1.99. The summed E-state index contributed by atoms with van der Waals surface area (Å²) in [7, 11) is 0. The van der Waals surface area contributed by atoms with Gasteiger partial charge in [0.2, 0.25) is 0 Å². The molecular formula is C69H91N3O6. The fraction of sp³-hybridized carbons (Fsp3) is 0.710. The zero-order chi connectivity index (χ0) is 53.7. The van der Waals surface area contributed by atoms with Crippen molar-refractivity contribution in [3.63, 3.8) is 0 Å². The van der Waals surface area contributed by atoms with Crippen molar-refractivity contribution in [2.75, 3.05) is 13.2 Å². The van der Waals surface area contributed by atoms with Crippen molar-refractivity contribution in [1.29, 1.82) is 0 Å². The van der Waals surface area contributed by atoms with Gasteiger partial charge in [-0.1, -0.05) is 84.9 Å². The van der Waals surface area contributed by atoms with Crippen LogP contribution in [0.15, 0.2) is 54.0 Å². The summed E-state index contributed by atoms with van der Waals surface area (Å²) in [5.41, 5.74) is 10.8. The molecule has 78 heavy (non-hydrogen) atoms. The van der Waals surface area contributed by atoms with E-state index >= 15 is 9.59 Å². The SMILES string of the molecule is CC1(C)O[C@@H]1[C@H](O)C[C@]1(C)CCc2c[nH]c3c(Cc4cc(C5CCCCC5)cc(C5CCOCC5)c4)cn(c23)C[C@@H]2C3=C1C(=O)C[C@]3(C)[C@@]1(C)CC[C@@H]3[C@](C)([C@H]1[C@@H]2O)[C@@]12CC[C@@H](C1)c1[nH]ccc1[C@@H]2C(=O)[C@@]3(C)C1CCCC1. The first-order valence-electron chi connectivity index (χ1n) is 31.8. The molecule has 0 radical (unpaired) electrons. The highest BCUT2D eigenvalue weighted by Gasteiger charge is 2.81. The minimum absolute atomic E-state index is 0.132. The van der Waals surface area contributed by atoms with E-state index in [1.54, 1.807) is 0 Å². The molecule has 9 nitrogen and oxygen atoms in total. The van der Waals surface area contributed by atoms with E-state index in [2.05, 4.69) is 106 Å². The smallest absolute Gasteiger partial charge is 0.160 e. The molecule has 6 saturated carbocycles. The third kappa shape index (κ3) is 6.80. The van der Waals surface area contributed by atoms with Crippen LogP contribution in [-0.2, 0) is 38.4 Å². The number of carbonyl (C=O) groups is 2. The summed E-state index contributed by atoms with van der Waals surface area (Å²) in [5, 5.41) is 27.0. The van der Waals surface area contributed by atoms with Gasteiger partial charge >= 0.3 is 0 Å². The number of carbonyl (C=O) groups excluding carboxylic acids is 2. The lowest BCUT2D eigenvalue weighted by Crippen LogP contribution is -2.74. The highest BCUT2D eigenvalue weighted by atomic mass is 16.6. The first-order chi connectivity index (χ1) is 37.3. The lowest BCUT2D eigenvalue weighted by Gasteiger charge is -2.76. The molecule has 2 bridgehead atoms. The fourth-order valence-electron chi connectivity index (χ4n) is 22.8. The van der Waals surface area contributed by atoms with Crippen LogP contribution in [-0.4, -0.2) is 73.4 Å². The number of ketones is 2. The predicted octanol–water partition coefficient (Wildman–Crippen LogP) is 13.8. The van der Waals surface area contributed by atoms with Gasteiger partial charge in [-0.3, -0.25) is 9.59 Å². The summed E-state index contributed by atoms with van der Waals surface area (Å²) >= 11 is 0. The molecule has 8 fully saturated rings. The predicted molar refractivity (Wildman–Crippen MR) is 304 cm³/mol. The Morgan fingerprint density at radius 1 is 0.821 bits per heavy atom. The Balaban J connectivity index is 0.910. The van der Waals surface area contributed by atoms with Gasteiger partial charge in [-0.05, 0) is 206 Å². The van der Waals surface area contributed by atoms with E-state index < -0.39 is 39.5 Å². The Morgan fingerprint density at radius 3 is 2.27 bits per heavy atom. The van der Waals surface area contributed by atoms with Crippen LogP contribution in [0.5, 0.6) is 0 Å². The van der Waals surface area contributed by atoms with Crippen LogP contribution in [0.2, 0.25) is 0 Å². The highest BCUT2D eigenvalue weighted by Crippen LogP contribution is 2.84. The van der Waals surface area contributed by atoms with E-state index in [0.717, 1.165) is 89.4 Å². The molecule has 0 amide bonds. The zero-order valence-electron chi connectivity index (χ0n) is 48.3. The number of aryl methyl sites for hydroxylation is 1. The molecule has 1 spiro atoms. The summed E-state index contributed by atoms with van der Waals surface area (Å²) in [4.78, 5) is 39.8. The maximum absolute atomic E-state index is 16.3. The number of allylic oxidation sites excluding steroid dienone is 1. The fourth-order valence-corrected chi connectivity index (χ4v) is 22.8. The number of rotatable bonds is 8. The first-order valence-corrected chi connectivity index (χ1v) is 31.8. The van der Waals surface area contributed by atoms with Crippen molar-refractivity contribution in [3.8, 4) is 0 Å². The number of benzene rings is 1. The van der Waals surface area contributed by atoms with E-state index in [9.17, 15) is 10.2 Å². The summed E-state index contributed by atoms with van der Waals surface area (Å²) < 4.78 is 14.6. The van der Waals surface area contributed by atoms with Gasteiger partial charge in [0, 0.05) is 79.2 Å². The molecule has 1 aromatic carbocycles. The molecule has 8 aliphatic carbocycles. The number of aromatic nitrogens is 3. The number of aliphatic hydroxyl groups excluding tert-OH is 2. The van der Waals surface area contributed by atoms with Crippen molar-refractivity contribution >= 4 is 22.6 Å². The highest BCUT2D eigenvalue weighted by molar-refractivity contribution is 6.02. The van der Waals surface area contributed by atoms with Crippen LogP contribution in [0.1, 0.15) is 233 Å². The molecule has 11 aliphatic rings. The lowest BCUT2D eigenvalue weighted by atomic mass is 9.27. The molecule has 14 atom stereocenters. The average molecular weight is 1060 g/mol. The largest absolute Gasteiger partial charge is 0.392 e. The Kier molecular flexibility index (Phi) is 11.4. The normalized spacial score (nSPS) is 41.6. The lowest BCUT2D eigenvalue weighted by molar-refractivity contribution is -0.271. The second-order valence-electron chi connectivity index (χ2n) is 30.3. The third-order valence-corrected chi connectivity index (χ3v) is 26.5. The van der Waals surface area contributed by atoms with Crippen LogP contribution in [0.3, 0.4) is 0 Å². The molecule has 3 aliphatic heterocycles. The molecule has 3 aromatic heterocycles. The number of H-pyrrole nitrogens is 2. The second-order valence-corrected chi connectivity index (χ2v) is 30.3. The van der Waals surface area contributed by atoms with E-state index in [0.29, 0.717) is 55.3 Å². The van der Waals surface area contributed by atoms with Crippen molar-refractivity contribution in [2.45, 2.75) is 237 Å². The van der Waals surface area contributed by atoms with Crippen LogP contribution in [0, 0.1) is 56.2 Å². The van der Waals surface area contributed by atoms with Crippen molar-refractivity contribution in [2.24, 2.45) is 56.2 Å². The molecule has 0 unspecified atom stereocenters. The van der Waals surface area contributed by atoms with Crippen LogP contribution in [0.4, 0.5) is 0 Å². The quantitative estimate of drug-likeness (QED) is 0.130. The number of hydrogen-bond acceptors (Lipinski definition) is 6. The topological polar surface area (TPSA) is 133 Å². The Labute approximate surface area is 464 Å². The number of aliphatic hydroxyl groups is 2. The summed E-state index contributed by atoms with van der Waals surface area (Å²) in [6, 6.07) is 9.92. The molecule has 15 rings (SSSR count). The number of nitrogens with zero attached hydrogens (tertiary/aromatic N) is 1. The van der Waals surface area contributed by atoms with E-state index in [4.69, 9.17) is 9.47 Å². The van der Waals surface area contributed by atoms with E-state index in [1.165, 1.54) is 101 Å². The van der Waals surface area contributed by atoms with Crippen molar-refractivity contribution in [1.82, 2.24) is 14.5 Å². The Hall–Kier alpha value is -3.76. The van der Waals surface area contributed by atoms with Gasteiger partial charge in [0.05, 0.1) is 34.8 Å². The van der Waals surface area contributed by atoms with Gasteiger partial charge in [-0.2, -0.15) is 0 Å². The van der Waals surface area contributed by atoms with Gasteiger partial charge in [0.25, 0.3) is 0 Å². The minimum Gasteiger partial charge on any atom is -0.392 e. The van der Waals surface area contributed by atoms with Crippen molar-refractivity contribution in [3.05, 3.63) is 93.1 Å². The van der Waals surface area contributed by atoms with Gasteiger partial charge in [0.1, 0.15) is 11.9 Å². The van der Waals surface area contributed by atoms with Crippen LogP contribution < -0.4 is 0 Å². The number of Topliss-reactive ketones (excluding diaryl/α,β-unsaturated/α-hetero) is 2. The maximum Gasteiger partial charge on any atom is 0.160 e. The van der Waals surface area contributed by atoms with Gasteiger partial charge in [-0.25, -0.2) is 0 Å². The molecule has 9 heteroatoms. The van der Waals surface area contributed by atoms with E-state index in [1.807, 2.05) is 0 Å². The van der Waals surface area contributed by atoms with Gasteiger partial charge in [0.15, 0.2) is 5.78 Å². The third-order valence-electron chi connectivity index (χ3n) is 26.5. The number of nitrogens with one attached hydrogen (secondary N) is 2. The zero-order valence-corrected chi connectivity index (χ0v) is 48.3. The van der Waals surface area contributed by atoms with Gasteiger partial charge in [-0.15, -0.1) is 0 Å². The van der Waals surface area contributed by atoms with Crippen LogP contribution >= 0.6 is 0 Å². The number of epoxide rings is 1. The number of ether oxygens (including phenoxy) is 2. The minimum atomic E-state index is -0.758. The number of fused-ring (bicyclic) bond motifs is 8. The second kappa shape index (κ2) is 17.4. The average Bonchev–Trinajstić information content (AvgIpc) is 2.97. The molecule has 6 heterocycles. The molecule has 4 aromatic rings. The molecule has 418 valence electrons. The summed E-state index contributed by atoms with van der Waals surface area (Å²) in [6.07, 6.45) is 26.3. The Morgan fingerprint density at radius 2 is 1.54 bits per heavy atom. The Bertz CT molecular complexity index is 3100. The standard InChI is InChI=1S/C69H91N3O6/c1-63(2)62(78-63)51(74)34-64(3)23-17-43-36-71-57-46(31-39-29-44(40-13-9-8-10-14-40)32-45(30-39)41-21-27-77-28-22-41)37-72(58(43)57)38-49-53-55(64)50(73)35-66(53,5)65(4)24-19-52-67(6,47-15-11-12-16-47)61(76)54-48-20-26-70-56(48)42-18-25-69(54,33-42)68(52,7)60(65)59(49)75/h20,26,29-30,32,36-37,40-42,47,49,51-52,54,59-60,62,70-71,74-75H,8-19,21-25,27-28,31,33-35,38H2,1-7H3/t42-,49+,51+,52-,54+,59+,60-,62+,64-,65-,66-,67-,68+,69-/m0/s1. The van der Waals surface area contributed by atoms with E-state index in [-0.39, 0.29) is 46.4 Å². The molecular weight excluding hydrogens is 967 g/mol. The number of aromatic amines is 2. The van der Waals surface area contributed by atoms with Crippen molar-refractivity contribution < 1.29 is 29.3 Å². The summed E-state index contributed by atoms with van der Waals surface area (Å²) in [6.45, 7) is 18.7. The first kappa shape index (κ1) is 51.1. The van der Waals surface area contributed by atoms with Crippen LogP contribution in [0.25, 0.3) is 11.0 Å². The number of hydrogen-bond donors (Lipinski definition) is 4. The van der Waals surface area contributed by atoms with Gasteiger partial charge < -0.3 is 34.2 Å². The molecule has 4 N–H and O–H groups in total. The maximum atomic E-state index is 16.3.